The van der Waals surface area contributed by atoms with E-state index < -0.39 is 0 Å². The summed E-state index contributed by atoms with van der Waals surface area (Å²) < 4.78 is 0. The molecular formula is C13H18ClNO. The van der Waals surface area contributed by atoms with E-state index in [0.29, 0.717) is 17.1 Å². The highest BCUT2D eigenvalue weighted by atomic mass is 35.5. The van der Waals surface area contributed by atoms with Gasteiger partial charge in [-0.05, 0) is 31.7 Å². The molecule has 1 aliphatic carbocycles. The predicted octanol–water partition coefficient (Wildman–Crippen LogP) is 3.47. The van der Waals surface area contributed by atoms with Crippen molar-refractivity contribution in [2.24, 2.45) is 0 Å². The molecule has 3 heteroatoms. The highest BCUT2D eigenvalue weighted by Gasteiger charge is 2.34. The van der Waals surface area contributed by atoms with Crippen molar-refractivity contribution in [3.63, 3.8) is 0 Å². The van der Waals surface area contributed by atoms with E-state index in [0.717, 1.165) is 12.0 Å². The molecule has 0 radical (unpaired) electrons. The number of aromatic hydroxyl groups is 1. The van der Waals surface area contributed by atoms with Crippen LogP contribution in [0.3, 0.4) is 0 Å². The molecule has 2 nitrogen and oxygen atoms in total. The first-order valence-corrected chi connectivity index (χ1v) is 6.26. The maximum absolute atomic E-state index is 9.79. The number of phenolic OH excluding ortho intramolecular Hbond substituents is 1. The molecule has 88 valence electrons. The van der Waals surface area contributed by atoms with Gasteiger partial charge in [-0.25, -0.2) is 0 Å². The van der Waals surface area contributed by atoms with Crippen LogP contribution in [0.2, 0.25) is 5.02 Å². The van der Waals surface area contributed by atoms with E-state index in [2.05, 4.69) is 12.2 Å². The molecule has 0 heterocycles. The van der Waals surface area contributed by atoms with Crippen LogP contribution in [-0.4, -0.2) is 10.6 Å². The first kappa shape index (κ1) is 11.7. The van der Waals surface area contributed by atoms with E-state index in [4.69, 9.17) is 11.6 Å². The van der Waals surface area contributed by atoms with E-state index in [1.165, 1.54) is 19.3 Å². The standard InChI is InChI=1S/C13H18ClNO/c1-2-13(7-4-8-13)15-9-10-5-3-6-11(14)12(10)16/h3,5-6,15-16H,2,4,7-9H2,1H3. The summed E-state index contributed by atoms with van der Waals surface area (Å²) in [6.45, 7) is 2.91. The van der Waals surface area contributed by atoms with Crippen molar-refractivity contribution in [1.82, 2.24) is 5.32 Å². The third-order valence-electron chi connectivity index (χ3n) is 3.71. The minimum absolute atomic E-state index is 0.210. The summed E-state index contributed by atoms with van der Waals surface area (Å²) in [5.74, 6) is 0.210. The SMILES string of the molecule is CCC1(NCc2cccc(Cl)c2O)CCC1. The summed E-state index contributed by atoms with van der Waals surface area (Å²) in [5.41, 5.74) is 1.18. The number of hydrogen-bond donors (Lipinski definition) is 2. The van der Waals surface area contributed by atoms with Crippen LogP contribution in [-0.2, 0) is 6.54 Å². The van der Waals surface area contributed by atoms with Crippen LogP contribution in [0.25, 0.3) is 0 Å². The van der Waals surface area contributed by atoms with Crippen molar-refractivity contribution >= 4 is 11.6 Å². The predicted molar refractivity (Wildman–Crippen MR) is 66.8 cm³/mol. The fourth-order valence-corrected chi connectivity index (χ4v) is 2.44. The van der Waals surface area contributed by atoms with E-state index in [1.54, 1.807) is 6.07 Å². The lowest BCUT2D eigenvalue weighted by Crippen LogP contribution is -2.49. The first-order valence-electron chi connectivity index (χ1n) is 5.88. The lowest BCUT2D eigenvalue weighted by molar-refractivity contribution is 0.175. The Hall–Kier alpha value is -0.730. The Balaban J connectivity index is 2.02. The second kappa shape index (κ2) is 4.64. The Morgan fingerprint density at radius 3 is 2.75 bits per heavy atom. The Morgan fingerprint density at radius 2 is 2.19 bits per heavy atom. The second-order valence-electron chi connectivity index (χ2n) is 4.59. The van der Waals surface area contributed by atoms with Crippen LogP contribution in [0, 0.1) is 0 Å². The largest absolute Gasteiger partial charge is 0.506 e. The fourth-order valence-electron chi connectivity index (χ4n) is 2.24. The molecule has 1 saturated carbocycles. The van der Waals surface area contributed by atoms with Gasteiger partial charge in [0, 0.05) is 17.6 Å². The van der Waals surface area contributed by atoms with Crippen LogP contribution >= 0.6 is 11.6 Å². The van der Waals surface area contributed by atoms with Gasteiger partial charge in [-0.1, -0.05) is 30.7 Å². The number of phenols is 1. The molecule has 0 atom stereocenters. The Morgan fingerprint density at radius 1 is 1.44 bits per heavy atom. The molecule has 2 rings (SSSR count). The average molecular weight is 240 g/mol. The van der Waals surface area contributed by atoms with Gasteiger partial charge < -0.3 is 10.4 Å². The van der Waals surface area contributed by atoms with Gasteiger partial charge in [0.25, 0.3) is 0 Å². The van der Waals surface area contributed by atoms with Crippen molar-refractivity contribution in [3.05, 3.63) is 28.8 Å². The van der Waals surface area contributed by atoms with Crippen LogP contribution in [0.15, 0.2) is 18.2 Å². The minimum atomic E-state index is 0.210. The van der Waals surface area contributed by atoms with Gasteiger partial charge in [-0.2, -0.15) is 0 Å². The number of para-hydroxylation sites is 1. The monoisotopic (exact) mass is 239 g/mol. The number of halogens is 1. The highest BCUT2D eigenvalue weighted by molar-refractivity contribution is 6.32. The molecule has 1 aromatic rings. The van der Waals surface area contributed by atoms with E-state index in [-0.39, 0.29) is 5.75 Å². The van der Waals surface area contributed by atoms with E-state index >= 15 is 0 Å². The maximum Gasteiger partial charge on any atom is 0.138 e. The van der Waals surface area contributed by atoms with Crippen molar-refractivity contribution in [2.75, 3.05) is 0 Å². The molecule has 1 aromatic carbocycles. The summed E-state index contributed by atoms with van der Waals surface area (Å²) in [6.07, 6.45) is 4.94. The Kier molecular flexibility index (Phi) is 3.41. The lowest BCUT2D eigenvalue weighted by Gasteiger charge is -2.42. The molecule has 0 bridgehead atoms. The molecule has 1 aliphatic rings. The summed E-state index contributed by atoms with van der Waals surface area (Å²) in [5, 5.41) is 13.8. The van der Waals surface area contributed by atoms with Gasteiger partial charge in [-0.15, -0.1) is 0 Å². The van der Waals surface area contributed by atoms with Crippen LogP contribution in [0.4, 0.5) is 0 Å². The zero-order valence-electron chi connectivity index (χ0n) is 9.59. The minimum Gasteiger partial charge on any atom is -0.506 e. The zero-order valence-corrected chi connectivity index (χ0v) is 10.3. The molecule has 0 amide bonds. The molecular weight excluding hydrogens is 222 g/mol. The number of rotatable bonds is 4. The topological polar surface area (TPSA) is 32.3 Å². The van der Waals surface area contributed by atoms with Crippen molar-refractivity contribution in [2.45, 2.75) is 44.7 Å². The molecule has 0 aromatic heterocycles. The van der Waals surface area contributed by atoms with Gasteiger partial charge in [0.2, 0.25) is 0 Å². The Labute approximate surface area is 102 Å². The number of nitrogens with one attached hydrogen (secondary N) is 1. The first-order chi connectivity index (χ1) is 7.67. The average Bonchev–Trinajstić information content (AvgIpc) is 2.23. The van der Waals surface area contributed by atoms with E-state index in [1.807, 2.05) is 12.1 Å². The maximum atomic E-state index is 9.79. The number of hydrogen-bond acceptors (Lipinski definition) is 2. The summed E-state index contributed by atoms with van der Waals surface area (Å²) >= 11 is 5.87. The molecule has 0 aliphatic heterocycles. The third kappa shape index (κ3) is 2.18. The second-order valence-corrected chi connectivity index (χ2v) is 5.00. The van der Waals surface area contributed by atoms with Gasteiger partial charge in [0.05, 0.1) is 5.02 Å². The van der Waals surface area contributed by atoms with Gasteiger partial charge >= 0.3 is 0 Å². The van der Waals surface area contributed by atoms with Gasteiger partial charge in [0.15, 0.2) is 0 Å². The fraction of sp³-hybridized carbons (Fsp3) is 0.538. The molecule has 0 unspecified atom stereocenters. The quantitative estimate of drug-likeness (QED) is 0.843. The van der Waals surface area contributed by atoms with Crippen LogP contribution < -0.4 is 5.32 Å². The lowest BCUT2D eigenvalue weighted by atomic mass is 9.75. The van der Waals surface area contributed by atoms with Gasteiger partial charge in [-0.3, -0.25) is 0 Å². The van der Waals surface area contributed by atoms with Crippen molar-refractivity contribution < 1.29 is 5.11 Å². The van der Waals surface area contributed by atoms with E-state index in [9.17, 15) is 5.11 Å². The van der Waals surface area contributed by atoms with Crippen LogP contribution in [0.5, 0.6) is 5.75 Å². The molecule has 16 heavy (non-hydrogen) atoms. The van der Waals surface area contributed by atoms with Crippen molar-refractivity contribution in [3.8, 4) is 5.75 Å². The summed E-state index contributed by atoms with van der Waals surface area (Å²) in [4.78, 5) is 0. The van der Waals surface area contributed by atoms with Crippen LogP contribution in [0.1, 0.15) is 38.2 Å². The molecule has 2 N–H and O–H groups in total. The molecule has 1 fully saturated rings. The molecule has 0 saturated heterocycles. The van der Waals surface area contributed by atoms with Gasteiger partial charge in [0.1, 0.15) is 5.75 Å². The summed E-state index contributed by atoms with van der Waals surface area (Å²) in [7, 11) is 0. The third-order valence-corrected chi connectivity index (χ3v) is 4.02. The molecule has 0 spiro atoms. The zero-order chi connectivity index (χ0) is 11.6. The normalized spacial score (nSPS) is 18.1. The summed E-state index contributed by atoms with van der Waals surface area (Å²) in [6, 6.07) is 5.49. The number of benzene rings is 1. The Bertz CT molecular complexity index is 369. The smallest absolute Gasteiger partial charge is 0.138 e. The highest BCUT2D eigenvalue weighted by Crippen LogP contribution is 2.35. The van der Waals surface area contributed by atoms with Crippen molar-refractivity contribution in [1.29, 1.82) is 0 Å².